The van der Waals surface area contributed by atoms with Crippen LogP contribution in [0.1, 0.15) is 29.2 Å². The van der Waals surface area contributed by atoms with Crippen molar-refractivity contribution < 1.29 is 4.79 Å². The van der Waals surface area contributed by atoms with Gasteiger partial charge in [-0.05, 0) is 32.0 Å². The van der Waals surface area contributed by atoms with Gasteiger partial charge < -0.3 is 16.4 Å². The van der Waals surface area contributed by atoms with Gasteiger partial charge in [0.1, 0.15) is 0 Å². The fourth-order valence-electron chi connectivity index (χ4n) is 2.53. The number of nitrogens with one attached hydrogen (secondary N) is 2. The SMILES string of the molecule is NC(=O)c1cnccc1Nc1cnn(C2CCNCC2)c1. The highest BCUT2D eigenvalue weighted by atomic mass is 16.1. The lowest BCUT2D eigenvalue weighted by molar-refractivity contribution is 0.100. The summed E-state index contributed by atoms with van der Waals surface area (Å²) in [4.78, 5) is 15.3. The first-order valence-electron chi connectivity index (χ1n) is 7.00. The van der Waals surface area contributed by atoms with Crippen LogP contribution < -0.4 is 16.4 Å². The van der Waals surface area contributed by atoms with Crippen molar-refractivity contribution in [1.82, 2.24) is 20.1 Å². The number of amides is 1. The lowest BCUT2D eigenvalue weighted by Gasteiger charge is -2.22. The molecule has 0 bridgehead atoms. The van der Waals surface area contributed by atoms with E-state index in [-0.39, 0.29) is 0 Å². The highest BCUT2D eigenvalue weighted by Gasteiger charge is 2.16. The Morgan fingerprint density at radius 3 is 2.95 bits per heavy atom. The third kappa shape index (κ3) is 3.03. The van der Waals surface area contributed by atoms with Crippen LogP contribution in [0.25, 0.3) is 0 Å². The largest absolute Gasteiger partial charge is 0.365 e. The van der Waals surface area contributed by atoms with Crippen LogP contribution in [0.4, 0.5) is 11.4 Å². The molecule has 0 aliphatic carbocycles. The first kappa shape index (κ1) is 13.6. The topological polar surface area (TPSA) is 97.9 Å². The highest BCUT2D eigenvalue weighted by molar-refractivity contribution is 5.98. The minimum atomic E-state index is -0.503. The highest BCUT2D eigenvalue weighted by Crippen LogP contribution is 2.23. The molecule has 0 spiro atoms. The number of carbonyl (C=O) groups excluding carboxylic acids is 1. The summed E-state index contributed by atoms with van der Waals surface area (Å²) in [6, 6.07) is 2.15. The van der Waals surface area contributed by atoms with Gasteiger partial charge in [-0.2, -0.15) is 5.10 Å². The quantitative estimate of drug-likeness (QED) is 0.780. The number of primary amides is 1. The molecule has 110 valence electrons. The van der Waals surface area contributed by atoms with E-state index in [0.717, 1.165) is 31.6 Å². The van der Waals surface area contributed by atoms with Crippen LogP contribution in [0.2, 0.25) is 0 Å². The van der Waals surface area contributed by atoms with E-state index < -0.39 is 5.91 Å². The molecule has 4 N–H and O–H groups in total. The van der Waals surface area contributed by atoms with E-state index in [0.29, 0.717) is 17.3 Å². The van der Waals surface area contributed by atoms with Gasteiger partial charge in [0, 0.05) is 18.6 Å². The predicted molar refractivity (Wildman–Crippen MR) is 79.4 cm³/mol. The molecule has 0 radical (unpaired) electrons. The van der Waals surface area contributed by atoms with Gasteiger partial charge in [0.25, 0.3) is 5.91 Å². The minimum Gasteiger partial charge on any atom is -0.365 e. The van der Waals surface area contributed by atoms with Gasteiger partial charge in [-0.25, -0.2) is 0 Å². The number of hydrogen-bond acceptors (Lipinski definition) is 5. The van der Waals surface area contributed by atoms with Crippen LogP contribution in [0, 0.1) is 0 Å². The van der Waals surface area contributed by atoms with Gasteiger partial charge in [0.05, 0.1) is 29.2 Å². The Hall–Kier alpha value is -2.41. The molecule has 7 heteroatoms. The zero-order chi connectivity index (χ0) is 14.7. The summed E-state index contributed by atoms with van der Waals surface area (Å²) in [5.41, 5.74) is 7.19. The van der Waals surface area contributed by atoms with Crippen molar-refractivity contribution in [2.45, 2.75) is 18.9 Å². The van der Waals surface area contributed by atoms with E-state index in [1.807, 2.05) is 10.9 Å². The lowest BCUT2D eigenvalue weighted by Crippen LogP contribution is -2.29. The average molecular weight is 286 g/mol. The molecule has 1 aliphatic heterocycles. The summed E-state index contributed by atoms with van der Waals surface area (Å²) in [6.07, 6.45) is 8.94. The predicted octanol–water partition coefficient (Wildman–Crippen LogP) is 1.05. The van der Waals surface area contributed by atoms with Crippen LogP contribution >= 0.6 is 0 Å². The van der Waals surface area contributed by atoms with Crippen LogP contribution in [0.3, 0.4) is 0 Å². The number of piperidine rings is 1. The van der Waals surface area contributed by atoms with Crippen molar-refractivity contribution in [1.29, 1.82) is 0 Å². The third-order valence-electron chi connectivity index (χ3n) is 3.65. The van der Waals surface area contributed by atoms with E-state index in [4.69, 9.17) is 5.73 Å². The second kappa shape index (κ2) is 5.92. The van der Waals surface area contributed by atoms with Crippen molar-refractivity contribution in [3.8, 4) is 0 Å². The van der Waals surface area contributed by atoms with Gasteiger partial charge in [-0.1, -0.05) is 0 Å². The molecule has 0 atom stereocenters. The zero-order valence-electron chi connectivity index (χ0n) is 11.6. The molecule has 0 unspecified atom stereocenters. The summed E-state index contributed by atoms with van der Waals surface area (Å²) in [7, 11) is 0. The number of pyridine rings is 1. The van der Waals surface area contributed by atoms with E-state index in [1.165, 1.54) is 6.20 Å². The standard InChI is InChI=1S/C14H18N6O/c15-14(21)12-8-17-6-3-13(12)19-10-7-18-20(9-10)11-1-4-16-5-2-11/h3,6-9,11,16H,1-2,4-5H2,(H2,15,21)(H,17,19). The minimum absolute atomic E-state index is 0.368. The zero-order valence-corrected chi connectivity index (χ0v) is 11.6. The molecule has 1 fully saturated rings. The molecule has 2 aromatic rings. The van der Waals surface area contributed by atoms with Crippen LogP contribution in [0.15, 0.2) is 30.9 Å². The second-order valence-corrected chi connectivity index (χ2v) is 5.10. The van der Waals surface area contributed by atoms with Crippen LogP contribution in [-0.4, -0.2) is 33.8 Å². The first-order valence-corrected chi connectivity index (χ1v) is 7.00. The maximum atomic E-state index is 11.4. The molecule has 21 heavy (non-hydrogen) atoms. The van der Waals surface area contributed by atoms with Gasteiger partial charge in [0.15, 0.2) is 0 Å². The molecule has 1 saturated heterocycles. The molecule has 7 nitrogen and oxygen atoms in total. The molecule has 1 amide bonds. The van der Waals surface area contributed by atoms with E-state index >= 15 is 0 Å². The maximum absolute atomic E-state index is 11.4. The maximum Gasteiger partial charge on any atom is 0.252 e. The summed E-state index contributed by atoms with van der Waals surface area (Å²) >= 11 is 0. The number of anilines is 2. The molecular formula is C14H18N6O. The Morgan fingerprint density at radius 1 is 1.38 bits per heavy atom. The summed E-state index contributed by atoms with van der Waals surface area (Å²) < 4.78 is 1.98. The van der Waals surface area contributed by atoms with Gasteiger partial charge in [-0.3, -0.25) is 14.5 Å². The summed E-state index contributed by atoms with van der Waals surface area (Å²) in [5.74, 6) is -0.503. The van der Waals surface area contributed by atoms with Crippen molar-refractivity contribution >= 4 is 17.3 Å². The molecular weight excluding hydrogens is 268 g/mol. The lowest BCUT2D eigenvalue weighted by atomic mass is 10.1. The van der Waals surface area contributed by atoms with E-state index in [1.54, 1.807) is 18.5 Å². The molecule has 3 heterocycles. The van der Waals surface area contributed by atoms with Crippen molar-refractivity contribution in [3.05, 3.63) is 36.4 Å². The average Bonchev–Trinajstić information content (AvgIpc) is 2.97. The number of carbonyl (C=O) groups is 1. The molecule has 0 aromatic carbocycles. The first-order chi connectivity index (χ1) is 10.2. The summed E-state index contributed by atoms with van der Waals surface area (Å²) in [5, 5.41) is 10.9. The third-order valence-corrected chi connectivity index (χ3v) is 3.65. The number of rotatable bonds is 4. The number of nitrogens with zero attached hydrogens (tertiary/aromatic N) is 3. The second-order valence-electron chi connectivity index (χ2n) is 5.10. The van der Waals surface area contributed by atoms with Gasteiger partial charge in [0.2, 0.25) is 0 Å². The number of aromatic nitrogens is 3. The van der Waals surface area contributed by atoms with E-state index in [9.17, 15) is 4.79 Å². The molecule has 0 saturated carbocycles. The molecule has 2 aromatic heterocycles. The fraction of sp³-hybridized carbons (Fsp3) is 0.357. The van der Waals surface area contributed by atoms with Crippen molar-refractivity contribution in [3.63, 3.8) is 0 Å². The fourth-order valence-corrected chi connectivity index (χ4v) is 2.53. The van der Waals surface area contributed by atoms with Crippen molar-refractivity contribution in [2.24, 2.45) is 5.73 Å². The van der Waals surface area contributed by atoms with Crippen LogP contribution in [0.5, 0.6) is 0 Å². The molecule has 3 rings (SSSR count). The Balaban J connectivity index is 1.77. The Bertz CT molecular complexity index is 632. The Morgan fingerprint density at radius 2 is 2.19 bits per heavy atom. The Labute approximate surface area is 122 Å². The normalized spacial score (nSPS) is 15.8. The smallest absolute Gasteiger partial charge is 0.252 e. The summed E-state index contributed by atoms with van der Waals surface area (Å²) in [6.45, 7) is 2.03. The molecule has 1 aliphatic rings. The number of hydrogen-bond donors (Lipinski definition) is 3. The number of nitrogens with two attached hydrogens (primary N) is 1. The Kier molecular flexibility index (Phi) is 3.83. The van der Waals surface area contributed by atoms with E-state index in [2.05, 4.69) is 20.7 Å². The van der Waals surface area contributed by atoms with Gasteiger partial charge in [-0.15, -0.1) is 0 Å². The van der Waals surface area contributed by atoms with Crippen LogP contribution in [-0.2, 0) is 0 Å². The van der Waals surface area contributed by atoms with Gasteiger partial charge >= 0.3 is 0 Å². The van der Waals surface area contributed by atoms with Crippen molar-refractivity contribution in [2.75, 3.05) is 18.4 Å². The monoisotopic (exact) mass is 286 g/mol.